The van der Waals surface area contributed by atoms with Crippen molar-refractivity contribution >= 4 is 17.7 Å². The molecule has 43 heavy (non-hydrogen) atoms. The maximum atomic E-state index is 11.9. The van der Waals surface area contributed by atoms with E-state index in [0.717, 1.165) is 56.3 Å². The lowest BCUT2D eigenvalue weighted by atomic mass is 10.1. The van der Waals surface area contributed by atoms with E-state index < -0.39 is 0 Å². The molecule has 9 heteroatoms. The summed E-state index contributed by atoms with van der Waals surface area (Å²) < 4.78 is 0.854. The Kier molecular flexibility index (Phi) is 30.5. The Balaban J connectivity index is -0.000000691. The molecule has 1 saturated heterocycles. The van der Waals surface area contributed by atoms with Crippen LogP contribution < -0.4 is 28.4 Å². The lowest BCUT2D eigenvalue weighted by Crippen LogP contribution is -3.00. The van der Waals surface area contributed by atoms with Gasteiger partial charge in [0.25, 0.3) is 5.91 Å². The van der Waals surface area contributed by atoms with E-state index >= 15 is 0 Å². The highest BCUT2D eigenvalue weighted by Gasteiger charge is 2.27. The first-order chi connectivity index (χ1) is 19.8. The summed E-state index contributed by atoms with van der Waals surface area (Å²) in [7, 11) is 8.47. The van der Waals surface area contributed by atoms with Crippen molar-refractivity contribution in [2.24, 2.45) is 0 Å². The smallest absolute Gasteiger partial charge is 0.250 e. The summed E-state index contributed by atoms with van der Waals surface area (Å²) in [6.45, 7) is 18.9. The number of quaternary nitrogens is 1. The summed E-state index contributed by atoms with van der Waals surface area (Å²) in [5.74, 6) is 0.139. The predicted octanol–water partition coefficient (Wildman–Crippen LogP) is 2.94. The summed E-state index contributed by atoms with van der Waals surface area (Å²) in [4.78, 5) is 35.1. The number of hydrogen-bond donors (Lipinski definition) is 3. The third kappa shape index (κ3) is 28.6. The number of halogens is 1. The lowest BCUT2D eigenvalue weighted by molar-refractivity contribution is -0.917. The molecule has 3 amide bonds. The van der Waals surface area contributed by atoms with Crippen molar-refractivity contribution in [2.75, 3.05) is 54.4 Å². The monoisotopic (exact) mass is 630 g/mol. The van der Waals surface area contributed by atoms with Gasteiger partial charge < -0.3 is 37.7 Å². The molecule has 0 saturated carbocycles. The van der Waals surface area contributed by atoms with Crippen molar-refractivity contribution < 1.29 is 31.3 Å². The van der Waals surface area contributed by atoms with E-state index in [4.69, 9.17) is 0 Å². The van der Waals surface area contributed by atoms with E-state index in [9.17, 15) is 14.4 Å². The van der Waals surface area contributed by atoms with Crippen LogP contribution in [-0.2, 0) is 14.4 Å². The van der Waals surface area contributed by atoms with Gasteiger partial charge in [0.15, 0.2) is 6.17 Å². The Morgan fingerprint density at radius 3 is 1.77 bits per heavy atom. The average Bonchev–Trinajstić information content (AvgIpc) is 3.41. The van der Waals surface area contributed by atoms with Gasteiger partial charge in [-0.25, -0.2) is 0 Å². The van der Waals surface area contributed by atoms with Gasteiger partial charge in [0.05, 0.1) is 20.6 Å². The minimum atomic E-state index is -0.0474. The zero-order chi connectivity index (χ0) is 32.4. The molecule has 1 heterocycles. The second-order valence-electron chi connectivity index (χ2n) is 12.5. The normalized spacial score (nSPS) is 12.9. The molecule has 1 rings (SSSR count). The van der Waals surface area contributed by atoms with Gasteiger partial charge in [0.2, 0.25) is 11.8 Å². The largest absolute Gasteiger partial charge is 1.00 e. The Labute approximate surface area is 271 Å². The molecule has 0 bridgehead atoms. The van der Waals surface area contributed by atoms with Crippen LogP contribution in [0.15, 0.2) is 24.3 Å². The number of nitrogens with one attached hydrogen (secondary N) is 3. The van der Waals surface area contributed by atoms with Crippen LogP contribution in [0, 0.1) is 0 Å². The molecule has 1 aliphatic heterocycles. The topological polar surface area (TPSA) is 90.5 Å². The quantitative estimate of drug-likeness (QED) is 0.0836. The fourth-order valence-corrected chi connectivity index (χ4v) is 4.52. The zero-order valence-corrected chi connectivity index (χ0v) is 30.0. The first-order valence-electron chi connectivity index (χ1n) is 16.4. The molecule has 1 aliphatic rings. The van der Waals surface area contributed by atoms with Gasteiger partial charge in [-0.2, -0.15) is 0 Å². The van der Waals surface area contributed by atoms with E-state index in [1.807, 2.05) is 14.1 Å². The number of rotatable bonds is 20. The first kappa shape index (κ1) is 45.5. The number of carbonyl (C=O) groups is 3. The SMILES string of the molecule is C=C(C)C(=O)NC(CC)[N+](C)(C)CCCCCCCCCCCC.C=C(C)C(=O)NCCCN(C)C.O=C1CCCN1.[Cl-]. The minimum Gasteiger partial charge on any atom is -1.00 e. The molecule has 1 atom stereocenters. The zero-order valence-electron chi connectivity index (χ0n) is 29.2. The van der Waals surface area contributed by atoms with E-state index in [1.54, 1.807) is 13.8 Å². The van der Waals surface area contributed by atoms with Gasteiger partial charge in [-0.3, -0.25) is 14.4 Å². The molecule has 0 radical (unpaired) electrons. The predicted molar refractivity (Wildman–Crippen MR) is 179 cm³/mol. The van der Waals surface area contributed by atoms with Gasteiger partial charge in [0, 0.05) is 37.1 Å². The van der Waals surface area contributed by atoms with E-state index in [1.165, 1.54) is 64.2 Å². The summed E-state index contributed by atoms with van der Waals surface area (Å²) >= 11 is 0. The Morgan fingerprint density at radius 1 is 0.884 bits per heavy atom. The van der Waals surface area contributed by atoms with E-state index in [2.05, 4.69) is 62.0 Å². The second-order valence-corrected chi connectivity index (χ2v) is 12.5. The Hall–Kier alpha value is -1.90. The highest BCUT2D eigenvalue weighted by Crippen LogP contribution is 2.14. The molecule has 1 fully saturated rings. The van der Waals surface area contributed by atoms with Gasteiger partial charge >= 0.3 is 0 Å². The van der Waals surface area contributed by atoms with Crippen molar-refractivity contribution in [3.63, 3.8) is 0 Å². The number of amides is 3. The number of nitrogens with zero attached hydrogens (tertiary/aromatic N) is 2. The van der Waals surface area contributed by atoms with Crippen molar-refractivity contribution in [3.8, 4) is 0 Å². The minimum absolute atomic E-state index is 0. The van der Waals surface area contributed by atoms with Crippen molar-refractivity contribution in [3.05, 3.63) is 24.3 Å². The number of hydrogen-bond acceptors (Lipinski definition) is 4. The van der Waals surface area contributed by atoms with Gasteiger partial charge in [-0.15, -0.1) is 0 Å². The first-order valence-corrected chi connectivity index (χ1v) is 16.4. The average molecular weight is 630 g/mol. The molecule has 254 valence electrons. The summed E-state index contributed by atoms with van der Waals surface area (Å²) in [5, 5.41) is 8.58. The van der Waals surface area contributed by atoms with Gasteiger partial charge in [-0.1, -0.05) is 78.4 Å². The van der Waals surface area contributed by atoms with Crippen LogP contribution in [-0.4, -0.2) is 87.6 Å². The molecule has 0 aromatic heterocycles. The van der Waals surface area contributed by atoms with Crippen LogP contribution in [0.4, 0.5) is 0 Å². The molecular formula is C34H68ClN5O3. The van der Waals surface area contributed by atoms with Crippen molar-refractivity contribution in [1.29, 1.82) is 0 Å². The van der Waals surface area contributed by atoms with E-state index in [-0.39, 0.29) is 36.3 Å². The van der Waals surface area contributed by atoms with E-state index in [0.29, 0.717) is 11.1 Å². The fraction of sp³-hybridized carbons (Fsp3) is 0.794. The molecule has 0 aliphatic carbocycles. The van der Waals surface area contributed by atoms with Gasteiger partial charge in [-0.05, 0) is 60.2 Å². The number of carbonyl (C=O) groups excluding carboxylic acids is 3. The van der Waals surface area contributed by atoms with Crippen molar-refractivity contribution in [1.82, 2.24) is 20.9 Å². The van der Waals surface area contributed by atoms with Crippen molar-refractivity contribution in [2.45, 2.75) is 124 Å². The highest BCUT2D eigenvalue weighted by atomic mass is 35.5. The fourth-order valence-electron chi connectivity index (χ4n) is 4.52. The van der Waals surface area contributed by atoms with Crippen LogP contribution in [0.1, 0.15) is 118 Å². The maximum Gasteiger partial charge on any atom is 0.250 e. The van der Waals surface area contributed by atoms with Crippen LogP contribution in [0.25, 0.3) is 0 Å². The third-order valence-electron chi connectivity index (χ3n) is 7.36. The van der Waals surface area contributed by atoms with Gasteiger partial charge in [0.1, 0.15) is 0 Å². The molecule has 0 aromatic carbocycles. The standard InChI is InChI=1S/C21H42N2O.C9H18N2O.C4H7NO.ClH/c1-7-9-10-11-12-13-14-15-16-17-18-23(5,6)20(8-2)22-21(24)19(3)4;1-8(2)9(12)10-6-5-7-11(3)4;6-4-2-1-3-5-4;/h20H,3,7-18H2,1-2,4-6H3;1,5-7H2,2-4H3,(H,10,12);1-3H2,(H,5,6);1H. The number of unbranched alkanes of at least 4 members (excludes halogenated alkanes) is 9. The second kappa shape index (κ2) is 28.8. The molecule has 3 N–H and O–H groups in total. The maximum absolute atomic E-state index is 11.9. The van der Waals surface area contributed by atoms with Crippen LogP contribution >= 0.6 is 0 Å². The Morgan fingerprint density at radius 2 is 1.40 bits per heavy atom. The van der Waals surface area contributed by atoms with Crippen LogP contribution in [0.5, 0.6) is 0 Å². The highest BCUT2D eigenvalue weighted by molar-refractivity contribution is 5.92. The molecular weight excluding hydrogens is 562 g/mol. The molecule has 0 spiro atoms. The third-order valence-corrected chi connectivity index (χ3v) is 7.36. The summed E-state index contributed by atoms with van der Waals surface area (Å²) in [6.07, 6.45) is 17.5. The summed E-state index contributed by atoms with van der Waals surface area (Å²) in [6, 6.07) is 0. The molecule has 8 nitrogen and oxygen atoms in total. The molecule has 1 unspecified atom stereocenters. The van der Waals surface area contributed by atoms with Crippen LogP contribution in [0.2, 0.25) is 0 Å². The lowest BCUT2D eigenvalue weighted by Gasteiger charge is -2.38. The Bertz CT molecular complexity index is 763. The molecule has 0 aromatic rings. The summed E-state index contributed by atoms with van der Waals surface area (Å²) in [5.41, 5.74) is 1.16. The van der Waals surface area contributed by atoms with Crippen LogP contribution in [0.3, 0.4) is 0 Å².